The van der Waals surface area contributed by atoms with E-state index in [0.29, 0.717) is 15.7 Å². The van der Waals surface area contributed by atoms with Crippen LogP contribution in [0, 0.1) is 11.3 Å². The van der Waals surface area contributed by atoms with Gasteiger partial charge >= 0.3 is 0 Å². The van der Waals surface area contributed by atoms with Crippen molar-refractivity contribution >= 4 is 43.7 Å². The molecule has 11 heteroatoms. The molecule has 2 aromatic heterocycles. The van der Waals surface area contributed by atoms with E-state index in [1.807, 2.05) is 22.9 Å². The molecule has 0 saturated carbocycles. The summed E-state index contributed by atoms with van der Waals surface area (Å²) in [5.41, 5.74) is 1.23. The van der Waals surface area contributed by atoms with Gasteiger partial charge in [-0.3, -0.25) is 10.1 Å². The second-order valence-electron chi connectivity index (χ2n) is 5.21. The van der Waals surface area contributed by atoms with Crippen molar-refractivity contribution in [1.82, 2.24) is 14.9 Å². The molecule has 0 aliphatic carbocycles. The van der Waals surface area contributed by atoms with E-state index in [9.17, 15) is 13.2 Å². The fraction of sp³-hybridized carbons (Fsp3) is 0.125. The maximum Gasteiger partial charge on any atom is 0.257 e. The first kappa shape index (κ1) is 19.1. The summed E-state index contributed by atoms with van der Waals surface area (Å²) in [7, 11) is -3.71. The Morgan fingerprint density at radius 1 is 1.19 bits per heavy atom. The van der Waals surface area contributed by atoms with E-state index in [2.05, 4.69) is 20.2 Å². The van der Waals surface area contributed by atoms with Crippen molar-refractivity contribution in [3.05, 3.63) is 46.7 Å². The Balaban J connectivity index is 1.67. The number of hydrogen-bond acceptors (Lipinski definition) is 8. The average Bonchev–Trinajstić information content (AvgIpc) is 3.33. The highest BCUT2D eigenvalue weighted by Crippen LogP contribution is 2.28. The number of carbonyl (C=O) groups is 1. The summed E-state index contributed by atoms with van der Waals surface area (Å²) in [5, 5.41) is 24.0. The SMILES string of the molecule is N#CCCNS(=O)(=O)c1ccc(C(=O)Nc2nnc(-c3ccsc3)s2)cc1. The third kappa shape index (κ3) is 4.75. The van der Waals surface area contributed by atoms with Crippen molar-refractivity contribution in [3.8, 4) is 16.6 Å². The Morgan fingerprint density at radius 2 is 1.96 bits per heavy atom. The lowest BCUT2D eigenvalue weighted by atomic mass is 10.2. The minimum Gasteiger partial charge on any atom is -0.296 e. The molecule has 3 aromatic rings. The van der Waals surface area contributed by atoms with Crippen LogP contribution in [0.5, 0.6) is 0 Å². The Labute approximate surface area is 163 Å². The average molecular weight is 420 g/mol. The van der Waals surface area contributed by atoms with Gasteiger partial charge in [0.25, 0.3) is 5.91 Å². The predicted molar refractivity (Wildman–Crippen MR) is 103 cm³/mol. The molecule has 0 spiro atoms. The molecule has 2 heterocycles. The number of amides is 1. The van der Waals surface area contributed by atoms with Crippen LogP contribution in [0.25, 0.3) is 10.6 Å². The smallest absolute Gasteiger partial charge is 0.257 e. The van der Waals surface area contributed by atoms with Gasteiger partial charge in [-0.05, 0) is 35.7 Å². The summed E-state index contributed by atoms with van der Waals surface area (Å²) in [6.07, 6.45) is 0.0783. The van der Waals surface area contributed by atoms with Crippen LogP contribution in [0.15, 0.2) is 46.0 Å². The van der Waals surface area contributed by atoms with E-state index in [1.165, 1.54) is 35.6 Å². The molecule has 138 valence electrons. The molecule has 0 fully saturated rings. The maximum absolute atomic E-state index is 12.3. The van der Waals surface area contributed by atoms with Crippen LogP contribution >= 0.6 is 22.7 Å². The Kier molecular flexibility index (Phi) is 5.92. The van der Waals surface area contributed by atoms with Crippen molar-refractivity contribution in [2.45, 2.75) is 11.3 Å². The number of nitriles is 1. The molecule has 1 amide bonds. The fourth-order valence-electron chi connectivity index (χ4n) is 2.06. The van der Waals surface area contributed by atoms with Crippen LogP contribution in [0.3, 0.4) is 0 Å². The highest BCUT2D eigenvalue weighted by atomic mass is 32.2. The van der Waals surface area contributed by atoms with Gasteiger partial charge in [0, 0.05) is 29.5 Å². The van der Waals surface area contributed by atoms with Crippen LogP contribution in [0.1, 0.15) is 16.8 Å². The molecule has 0 radical (unpaired) electrons. The molecule has 0 atom stereocenters. The van der Waals surface area contributed by atoms with Crippen molar-refractivity contribution in [2.75, 3.05) is 11.9 Å². The zero-order chi connectivity index (χ0) is 19.3. The van der Waals surface area contributed by atoms with Gasteiger partial charge in [0.05, 0.1) is 11.0 Å². The second kappa shape index (κ2) is 8.36. The van der Waals surface area contributed by atoms with Crippen LogP contribution in [-0.4, -0.2) is 31.1 Å². The summed E-state index contributed by atoms with van der Waals surface area (Å²) in [6.45, 7) is 0.0323. The summed E-state index contributed by atoms with van der Waals surface area (Å²) in [4.78, 5) is 12.3. The summed E-state index contributed by atoms with van der Waals surface area (Å²) < 4.78 is 26.4. The molecule has 0 unspecified atom stereocenters. The van der Waals surface area contributed by atoms with Crippen molar-refractivity contribution in [2.24, 2.45) is 0 Å². The third-order valence-corrected chi connectivity index (χ3v) is 6.42. The topological polar surface area (TPSA) is 125 Å². The molecule has 8 nitrogen and oxygen atoms in total. The number of nitrogens with one attached hydrogen (secondary N) is 2. The fourth-order valence-corrected chi connectivity index (χ4v) is 4.54. The molecule has 1 aromatic carbocycles. The van der Waals surface area contributed by atoms with Gasteiger partial charge in [0.15, 0.2) is 0 Å². The van der Waals surface area contributed by atoms with Crippen LogP contribution < -0.4 is 10.0 Å². The zero-order valence-electron chi connectivity index (χ0n) is 13.7. The lowest BCUT2D eigenvalue weighted by Crippen LogP contribution is -2.24. The molecule has 3 rings (SSSR count). The third-order valence-electron chi connectivity index (χ3n) is 3.37. The lowest BCUT2D eigenvalue weighted by molar-refractivity contribution is 0.102. The summed E-state index contributed by atoms with van der Waals surface area (Å²) in [5.74, 6) is -0.413. The predicted octanol–water partition coefficient (Wildman–Crippen LogP) is 2.71. The molecule has 0 aliphatic heterocycles. The largest absolute Gasteiger partial charge is 0.296 e. The highest BCUT2D eigenvalue weighted by molar-refractivity contribution is 7.89. The van der Waals surface area contributed by atoms with Gasteiger partial charge in [-0.25, -0.2) is 13.1 Å². The Bertz CT molecular complexity index is 1070. The van der Waals surface area contributed by atoms with E-state index in [0.717, 1.165) is 5.56 Å². The van der Waals surface area contributed by atoms with E-state index in [4.69, 9.17) is 5.26 Å². The minimum absolute atomic E-state index is 0.0210. The quantitative estimate of drug-likeness (QED) is 0.567. The van der Waals surface area contributed by atoms with Gasteiger partial charge in [-0.1, -0.05) is 11.3 Å². The number of carbonyl (C=O) groups excluding carboxylic acids is 1. The first-order valence-corrected chi connectivity index (χ1v) is 10.9. The number of sulfonamides is 1. The van der Waals surface area contributed by atoms with Gasteiger partial charge in [-0.2, -0.15) is 16.6 Å². The van der Waals surface area contributed by atoms with E-state index < -0.39 is 15.9 Å². The number of rotatable bonds is 7. The Morgan fingerprint density at radius 3 is 2.63 bits per heavy atom. The van der Waals surface area contributed by atoms with E-state index >= 15 is 0 Å². The van der Waals surface area contributed by atoms with Crippen LogP contribution in [0.2, 0.25) is 0 Å². The highest BCUT2D eigenvalue weighted by Gasteiger charge is 2.15. The molecule has 0 aliphatic rings. The number of hydrogen-bond donors (Lipinski definition) is 2. The molecule has 0 bridgehead atoms. The van der Waals surface area contributed by atoms with Gasteiger partial charge in [0.2, 0.25) is 15.2 Å². The standard InChI is InChI=1S/C16H13N5O3S3/c17-7-1-8-18-27(23,24)13-4-2-11(3-5-13)14(22)19-16-21-20-15(26-16)12-6-9-25-10-12/h2-6,9-10,18H,1,8H2,(H,19,21,22). The second-order valence-corrected chi connectivity index (χ2v) is 8.73. The summed E-state index contributed by atoms with van der Waals surface area (Å²) in [6, 6.07) is 9.27. The van der Waals surface area contributed by atoms with Crippen LogP contribution in [-0.2, 0) is 10.0 Å². The number of benzene rings is 1. The first-order chi connectivity index (χ1) is 13.0. The normalized spacial score (nSPS) is 11.1. The lowest BCUT2D eigenvalue weighted by Gasteiger charge is -2.06. The Hall–Kier alpha value is -2.65. The molecular formula is C16H13N5O3S3. The van der Waals surface area contributed by atoms with E-state index in [-0.39, 0.29) is 17.9 Å². The van der Waals surface area contributed by atoms with Crippen molar-refractivity contribution in [1.29, 1.82) is 5.26 Å². The number of nitrogens with zero attached hydrogens (tertiary/aromatic N) is 3. The number of thiophene rings is 1. The molecule has 0 saturated heterocycles. The van der Waals surface area contributed by atoms with Gasteiger partial charge in [-0.15, -0.1) is 10.2 Å². The summed E-state index contributed by atoms with van der Waals surface area (Å²) >= 11 is 2.80. The van der Waals surface area contributed by atoms with Crippen molar-refractivity contribution in [3.63, 3.8) is 0 Å². The van der Waals surface area contributed by atoms with Gasteiger partial charge in [0.1, 0.15) is 5.01 Å². The van der Waals surface area contributed by atoms with Gasteiger partial charge < -0.3 is 0 Å². The first-order valence-electron chi connectivity index (χ1n) is 7.64. The zero-order valence-corrected chi connectivity index (χ0v) is 16.2. The number of aromatic nitrogens is 2. The molecule has 27 heavy (non-hydrogen) atoms. The monoisotopic (exact) mass is 419 g/mol. The van der Waals surface area contributed by atoms with Crippen molar-refractivity contribution < 1.29 is 13.2 Å². The minimum atomic E-state index is -3.71. The van der Waals surface area contributed by atoms with E-state index in [1.54, 1.807) is 11.3 Å². The number of anilines is 1. The molecular weight excluding hydrogens is 406 g/mol. The molecule has 2 N–H and O–H groups in total. The van der Waals surface area contributed by atoms with Crippen LogP contribution in [0.4, 0.5) is 5.13 Å². The maximum atomic E-state index is 12.3.